The molecule has 1 N–H and O–H groups in total. The summed E-state index contributed by atoms with van der Waals surface area (Å²) >= 11 is 0. The summed E-state index contributed by atoms with van der Waals surface area (Å²) in [5.74, 6) is 0.351. The van der Waals surface area contributed by atoms with E-state index in [1.807, 2.05) is 0 Å². The van der Waals surface area contributed by atoms with Gasteiger partial charge in [0.05, 0.1) is 18.5 Å². The summed E-state index contributed by atoms with van der Waals surface area (Å²) in [5, 5.41) is 3.09. The Kier molecular flexibility index (Phi) is 3.49. The molecule has 1 aliphatic heterocycles. The Morgan fingerprint density at radius 1 is 1.58 bits per heavy atom. The van der Waals surface area contributed by atoms with Gasteiger partial charge in [-0.3, -0.25) is 0 Å². The van der Waals surface area contributed by atoms with Crippen LogP contribution in [-0.4, -0.2) is 45.7 Å². The predicted molar refractivity (Wildman–Crippen MR) is 46.9 cm³/mol. The third-order valence-corrected chi connectivity index (χ3v) is 3.64. The largest absolute Gasteiger partial charge is 0.375 e. The van der Waals surface area contributed by atoms with Crippen LogP contribution >= 0.6 is 0 Å². The molecular formula is C7H15NO3S. The van der Waals surface area contributed by atoms with Crippen molar-refractivity contribution in [3.63, 3.8) is 0 Å². The minimum absolute atomic E-state index is 0.149. The molecule has 5 heteroatoms. The Labute approximate surface area is 73.2 Å². The minimum atomic E-state index is -2.88. The molecule has 1 rings (SSSR count). The molecule has 0 saturated carbocycles. The summed E-state index contributed by atoms with van der Waals surface area (Å²) in [4.78, 5) is 0. The van der Waals surface area contributed by atoms with Gasteiger partial charge in [0.25, 0.3) is 0 Å². The number of hydrogen-bond acceptors (Lipinski definition) is 4. The fourth-order valence-corrected chi connectivity index (χ4v) is 2.14. The molecule has 0 amide bonds. The van der Waals surface area contributed by atoms with Crippen molar-refractivity contribution in [2.45, 2.75) is 13.0 Å². The molecule has 0 aromatic heterocycles. The van der Waals surface area contributed by atoms with Crippen molar-refractivity contribution in [2.24, 2.45) is 0 Å². The van der Waals surface area contributed by atoms with E-state index < -0.39 is 9.84 Å². The molecule has 1 fully saturated rings. The van der Waals surface area contributed by atoms with Gasteiger partial charge in [-0.05, 0) is 0 Å². The Morgan fingerprint density at radius 3 is 2.83 bits per heavy atom. The molecule has 0 aromatic carbocycles. The fourth-order valence-electron chi connectivity index (χ4n) is 1.13. The maximum Gasteiger partial charge on any atom is 0.152 e. The van der Waals surface area contributed by atoms with Crippen LogP contribution in [0.25, 0.3) is 0 Å². The Balaban J connectivity index is 2.39. The van der Waals surface area contributed by atoms with E-state index in [1.54, 1.807) is 6.92 Å². The van der Waals surface area contributed by atoms with E-state index in [9.17, 15) is 8.42 Å². The molecule has 72 valence electrons. The number of rotatable bonds is 3. The highest BCUT2D eigenvalue weighted by molar-refractivity contribution is 7.91. The Hall–Kier alpha value is -0.130. The highest BCUT2D eigenvalue weighted by atomic mass is 32.2. The average Bonchev–Trinajstić information content (AvgIpc) is 2.06. The van der Waals surface area contributed by atoms with Crippen LogP contribution in [0.15, 0.2) is 0 Å². The van der Waals surface area contributed by atoms with E-state index in [4.69, 9.17) is 4.74 Å². The van der Waals surface area contributed by atoms with E-state index >= 15 is 0 Å². The van der Waals surface area contributed by atoms with Gasteiger partial charge in [-0.2, -0.15) is 0 Å². The molecule has 1 aliphatic rings. The van der Waals surface area contributed by atoms with Crippen molar-refractivity contribution in [2.75, 3.05) is 31.2 Å². The van der Waals surface area contributed by atoms with E-state index in [0.29, 0.717) is 13.2 Å². The maximum atomic E-state index is 11.2. The summed E-state index contributed by atoms with van der Waals surface area (Å²) in [5.41, 5.74) is 0. The van der Waals surface area contributed by atoms with Crippen LogP contribution in [0.1, 0.15) is 6.92 Å². The van der Waals surface area contributed by atoms with Gasteiger partial charge in [-0.15, -0.1) is 0 Å². The smallest absolute Gasteiger partial charge is 0.152 e. The quantitative estimate of drug-likeness (QED) is 0.651. The number of morpholine rings is 1. The molecule has 4 nitrogen and oxygen atoms in total. The molecule has 1 unspecified atom stereocenters. The van der Waals surface area contributed by atoms with Gasteiger partial charge in [0.1, 0.15) is 0 Å². The number of hydrogen-bond donors (Lipinski definition) is 1. The van der Waals surface area contributed by atoms with Gasteiger partial charge in [0.15, 0.2) is 9.84 Å². The number of ether oxygens (including phenoxy) is 1. The van der Waals surface area contributed by atoms with Crippen molar-refractivity contribution < 1.29 is 13.2 Å². The van der Waals surface area contributed by atoms with Crippen LogP contribution in [0.2, 0.25) is 0 Å². The van der Waals surface area contributed by atoms with E-state index in [1.165, 1.54) is 0 Å². The first-order valence-electron chi connectivity index (χ1n) is 4.17. The lowest BCUT2D eigenvalue weighted by molar-refractivity contribution is 0.0430. The van der Waals surface area contributed by atoms with E-state index in [0.717, 1.165) is 6.54 Å². The van der Waals surface area contributed by atoms with Crippen LogP contribution in [0.5, 0.6) is 0 Å². The number of sulfone groups is 1. The van der Waals surface area contributed by atoms with Crippen LogP contribution in [0, 0.1) is 0 Å². The maximum absolute atomic E-state index is 11.2. The van der Waals surface area contributed by atoms with Gasteiger partial charge < -0.3 is 10.1 Å². The molecule has 1 saturated heterocycles. The van der Waals surface area contributed by atoms with Crippen molar-refractivity contribution in [3.8, 4) is 0 Å². The van der Waals surface area contributed by atoms with Gasteiger partial charge in [0, 0.05) is 18.8 Å². The van der Waals surface area contributed by atoms with Crippen LogP contribution in [0.4, 0.5) is 0 Å². The summed E-state index contributed by atoms with van der Waals surface area (Å²) in [6.07, 6.45) is -0.149. The van der Waals surface area contributed by atoms with Crippen molar-refractivity contribution in [1.29, 1.82) is 0 Å². The average molecular weight is 193 g/mol. The fraction of sp³-hybridized carbons (Fsp3) is 1.00. The molecule has 0 radical (unpaired) electrons. The van der Waals surface area contributed by atoms with Gasteiger partial charge in [-0.25, -0.2) is 8.42 Å². The lowest BCUT2D eigenvalue weighted by Gasteiger charge is -2.22. The zero-order chi connectivity index (χ0) is 9.03. The van der Waals surface area contributed by atoms with E-state index in [2.05, 4.69) is 5.32 Å². The van der Waals surface area contributed by atoms with Crippen molar-refractivity contribution in [1.82, 2.24) is 5.32 Å². The molecule has 12 heavy (non-hydrogen) atoms. The molecule has 0 aliphatic carbocycles. The molecule has 1 heterocycles. The van der Waals surface area contributed by atoms with Crippen molar-refractivity contribution >= 4 is 9.84 Å². The van der Waals surface area contributed by atoms with Crippen molar-refractivity contribution in [3.05, 3.63) is 0 Å². The number of nitrogens with one attached hydrogen (secondary N) is 1. The highest BCUT2D eigenvalue weighted by Crippen LogP contribution is 2.01. The SMILES string of the molecule is CCS(=O)(=O)CC1CNCCO1. The summed E-state index contributed by atoms with van der Waals surface area (Å²) in [6.45, 7) is 3.75. The normalized spacial score (nSPS) is 25.6. The standard InChI is InChI=1S/C7H15NO3S/c1-2-12(9,10)6-7-5-8-3-4-11-7/h7-8H,2-6H2,1H3. The van der Waals surface area contributed by atoms with Gasteiger partial charge in [-0.1, -0.05) is 6.92 Å². The van der Waals surface area contributed by atoms with Crippen LogP contribution in [-0.2, 0) is 14.6 Å². The molecule has 0 spiro atoms. The first kappa shape index (κ1) is 9.95. The molecule has 0 aromatic rings. The second-order valence-electron chi connectivity index (χ2n) is 2.90. The second-order valence-corrected chi connectivity index (χ2v) is 5.29. The Morgan fingerprint density at radius 2 is 2.33 bits per heavy atom. The topological polar surface area (TPSA) is 55.4 Å². The van der Waals surface area contributed by atoms with Gasteiger partial charge >= 0.3 is 0 Å². The minimum Gasteiger partial charge on any atom is -0.375 e. The predicted octanol–water partition coefficient (Wildman–Crippen LogP) is -0.590. The summed E-state index contributed by atoms with van der Waals surface area (Å²) in [7, 11) is -2.88. The van der Waals surface area contributed by atoms with E-state index in [-0.39, 0.29) is 17.6 Å². The highest BCUT2D eigenvalue weighted by Gasteiger charge is 2.19. The Bertz CT molecular complexity index is 219. The second kappa shape index (κ2) is 4.20. The first-order valence-corrected chi connectivity index (χ1v) is 5.99. The zero-order valence-electron chi connectivity index (χ0n) is 7.25. The molecular weight excluding hydrogens is 178 g/mol. The zero-order valence-corrected chi connectivity index (χ0v) is 8.06. The van der Waals surface area contributed by atoms with Crippen LogP contribution in [0.3, 0.4) is 0 Å². The lowest BCUT2D eigenvalue weighted by Crippen LogP contribution is -2.42. The first-order chi connectivity index (χ1) is 5.64. The summed E-state index contributed by atoms with van der Waals surface area (Å²) < 4.78 is 27.6. The third-order valence-electron chi connectivity index (χ3n) is 1.88. The third kappa shape index (κ3) is 3.08. The van der Waals surface area contributed by atoms with Crippen LogP contribution < -0.4 is 5.32 Å². The molecule has 1 atom stereocenters. The lowest BCUT2D eigenvalue weighted by atomic mass is 10.3. The van der Waals surface area contributed by atoms with Gasteiger partial charge in [0.2, 0.25) is 0 Å². The molecule has 0 bridgehead atoms. The monoisotopic (exact) mass is 193 g/mol. The summed E-state index contributed by atoms with van der Waals surface area (Å²) in [6, 6.07) is 0.